The summed E-state index contributed by atoms with van der Waals surface area (Å²) in [5.74, 6) is -0.0223. The highest BCUT2D eigenvalue weighted by atomic mass is 32.2. The van der Waals surface area contributed by atoms with E-state index in [0.717, 1.165) is 0 Å². The molecule has 0 aliphatic carbocycles. The summed E-state index contributed by atoms with van der Waals surface area (Å²) in [6.45, 7) is 1.76. The van der Waals surface area contributed by atoms with Crippen LogP contribution in [-0.2, 0) is 21.2 Å². The molecule has 1 amide bonds. The van der Waals surface area contributed by atoms with Crippen LogP contribution in [-0.4, -0.2) is 19.4 Å². The zero-order valence-electron chi connectivity index (χ0n) is 13.3. The first-order chi connectivity index (χ1) is 11.3. The van der Waals surface area contributed by atoms with Gasteiger partial charge in [0.05, 0.1) is 10.9 Å². The molecule has 7 heteroatoms. The van der Waals surface area contributed by atoms with Crippen molar-refractivity contribution in [2.75, 3.05) is 0 Å². The van der Waals surface area contributed by atoms with Crippen molar-refractivity contribution in [3.8, 4) is 5.75 Å². The van der Waals surface area contributed by atoms with Gasteiger partial charge in [-0.1, -0.05) is 30.3 Å². The van der Waals surface area contributed by atoms with E-state index in [4.69, 9.17) is 5.14 Å². The molecular weight excluding hydrogens is 328 g/mol. The Morgan fingerprint density at radius 3 is 2.58 bits per heavy atom. The number of aryl methyl sites for hydroxylation is 1. The molecule has 0 spiro atoms. The van der Waals surface area contributed by atoms with E-state index in [9.17, 15) is 18.3 Å². The van der Waals surface area contributed by atoms with Crippen molar-refractivity contribution in [1.82, 2.24) is 5.32 Å². The number of sulfonamides is 1. The average molecular weight is 348 g/mol. The van der Waals surface area contributed by atoms with Crippen LogP contribution in [0.3, 0.4) is 0 Å². The van der Waals surface area contributed by atoms with E-state index in [-0.39, 0.29) is 29.0 Å². The second kappa shape index (κ2) is 7.46. The number of nitrogens with one attached hydrogen (secondary N) is 1. The molecule has 0 saturated heterocycles. The molecule has 0 aliphatic rings. The molecule has 2 aromatic rings. The number of nitrogens with two attached hydrogens (primary N) is 1. The highest BCUT2D eigenvalue weighted by Gasteiger charge is 2.14. The lowest BCUT2D eigenvalue weighted by molar-refractivity contribution is -0.121. The molecule has 1 unspecified atom stereocenters. The van der Waals surface area contributed by atoms with Gasteiger partial charge < -0.3 is 10.4 Å². The maximum Gasteiger partial charge on any atom is 0.238 e. The van der Waals surface area contributed by atoms with Crippen molar-refractivity contribution in [3.63, 3.8) is 0 Å². The van der Waals surface area contributed by atoms with Gasteiger partial charge in [-0.15, -0.1) is 0 Å². The zero-order valence-corrected chi connectivity index (χ0v) is 14.1. The van der Waals surface area contributed by atoms with Gasteiger partial charge in [0.25, 0.3) is 0 Å². The molecule has 0 heterocycles. The van der Waals surface area contributed by atoms with Gasteiger partial charge in [0.15, 0.2) is 0 Å². The van der Waals surface area contributed by atoms with Gasteiger partial charge in [0.2, 0.25) is 15.9 Å². The van der Waals surface area contributed by atoms with Crippen LogP contribution in [0.2, 0.25) is 0 Å². The number of primary sulfonamides is 1. The predicted molar refractivity (Wildman–Crippen MR) is 90.8 cm³/mol. The number of hydrogen-bond acceptors (Lipinski definition) is 4. The third-order valence-electron chi connectivity index (χ3n) is 3.68. The number of phenols is 1. The first-order valence-electron chi connectivity index (χ1n) is 7.46. The third kappa shape index (κ3) is 4.81. The van der Waals surface area contributed by atoms with Crippen molar-refractivity contribution < 1.29 is 18.3 Å². The number of rotatable bonds is 6. The molecule has 0 saturated carbocycles. The van der Waals surface area contributed by atoms with Gasteiger partial charge in [-0.3, -0.25) is 4.79 Å². The van der Waals surface area contributed by atoms with Gasteiger partial charge in [-0.05, 0) is 42.7 Å². The number of amides is 1. The summed E-state index contributed by atoms with van der Waals surface area (Å²) in [7, 11) is -3.78. The average Bonchev–Trinajstić information content (AvgIpc) is 2.53. The standard InChI is InChI=1S/C17H20N2O4S/c1-12(14-6-4-7-15(11-14)24(18,22)23)19-17(21)10-9-13-5-2-3-8-16(13)20/h2-8,11-12,20H,9-10H2,1H3,(H,19,21)(H2,18,22,23). The monoisotopic (exact) mass is 348 g/mol. The SMILES string of the molecule is CC(NC(=O)CCc1ccccc1O)c1cccc(S(N)(=O)=O)c1. The number of benzene rings is 2. The molecule has 0 bridgehead atoms. The smallest absolute Gasteiger partial charge is 0.238 e. The van der Waals surface area contributed by atoms with Crippen LogP contribution in [0.5, 0.6) is 5.75 Å². The fourth-order valence-electron chi connectivity index (χ4n) is 2.33. The molecule has 2 aromatic carbocycles. The van der Waals surface area contributed by atoms with Gasteiger partial charge in [0, 0.05) is 6.42 Å². The molecule has 1 atom stereocenters. The van der Waals surface area contributed by atoms with Gasteiger partial charge >= 0.3 is 0 Å². The molecule has 0 aromatic heterocycles. The second-order valence-electron chi connectivity index (χ2n) is 5.54. The van der Waals surface area contributed by atoms with E-state index >= 15 is 0 Å². The van der Waals surface area contributed by atoms with E-state index in [0.29, 0.717) is 17.5 Å². The van der Waals surface area contributed by atoms with E-state index < -0.39 is 10.0 Å². The van der Waals surface area contributed by atoms with Crippen LogP contribution in [0.1, 0.15) is 30.5 Å². The highest BCUT2D eigenvalue weighted by Crippen LogP contribution is 2.19. The minimum absolute atomic E-state index is 0.00954. The van der Waals surface area contributed by atoms with Crippen LogP contribution < -0.4 is 10.5 Å². The van der Waals surface area contributed by atoms with E-state index in [1.807, 2.05) is 0 Å². The first kappa shape index (κ1) is 18.0. The lowest BCUT2D eigenvalue weighted by atomic mass is 10.1. The van der Waals surface area contributed by atoms with Crippen LogP contribution >= 0.6 is 0 Å². The molecule has 0 radical (unpaired) electrons. The third-order valence-corrected chi connectivity index (χ3v) is 4.59. The summed E-state index contributed by atoms with van der Waals surface area (Å²) in [6.07, 6.45) is 0.638. The van der Waals surface area contributed by atoms with Crippen LogP contribution in [0.25, 0.3) is 0 Å². The fraction of sp³-hybridized carbons (Fsp3) is 0.235. The molecular formula is C17H20N2O4S. The lowest BCUT2D eigenvalue weighted by Crippen LogP contribution is -2.27. The van der Waals surface area contributed by atoms with Crippen LogP contribution in [0.4, 0.5) is 0 Å². The number of hydrogen-bond donors (Lipinski definition) is 3. The van der Waals surface area contributed by atoms with E-state index in [1.54, 1.807) is 43.3 Å². The summed E-state index contributed by atoms with van der Waals surface area (Å²) >= 11 is 0. The fourth-order valence-corrected chi connectivity index (χ4v) is 2.90. The Bertz CT molecular complexity index is 834. The normalized spacial score (nSPS) is 12.6. The predicted octanol–water partition coefficient (Wildman–Crippen LogP) is 1.85. The Morgan fingerprint density at radius 1 is 1.21 bits per heavy atom. The zero-order chi connectivity index (χ0) is 17.7. The maximum absolute atomic E-state index is 12.1. The first-order valence-corrected chi connectivity index (χ1v) is 9.01. The van der Waals surface area contributed by atoms with Gasteiger partial charge in [-0.25, -0.2) is 13.6 Å². The minimum atomic E-state index is -3.78. The number of aromatic hydroxyl groups is 1. The largest absolute Gasteiger partial charge is 0.508 e. The van der Waals surface area contributed by atoms with Crippen molar-refractivity contribution in [2.24, 2.45) is 5.14 Å². The Hall–Kier alpha value is -2.38. The van der Waals surface area contributed by atoms with Gasteiger partial charge in [0.1, 0.15) is 5.75 Å². The van der Waals surface area contributed by atoms with Crippen LogP contribution in [0.15, 0.2) is 53.4 Å². The number of carbonyl (C=O) groups is 1. The molecule has 2 rings (SSSR count). The summed E-state index contributed by atoms with van der Waals surface area (Å²) in [5, 5.41) is 17.6. The summed E-state index contributed by atoms with van der Waals surface area (Å²) in [6, 6.07) is 12.7. The summed E-state index contributed by atoms with van der Waals surface area (Å²) in [5.41, 5.74) is 1.36. The Balaban J connectivity index is 1.98. The molecule has 4 N–H and O–H groups in total. The molecule has 24 heavy (non-hydrogen) atoms. The van der Waals surface area contributed by atoms with Crippen molar-refractivity contribution in [2.45, 2.75) is 30.7 Å². The van der Waals surface area contributed by atoms with E-state index in [2.05, 4.69) is 5.32 Å². The van der Waals surface area contributed by atoms with Crippen LogP contribution in [0, 0.1) is 0 Å². The molecule has 128 valence electrons. The maximum atomic E-state index is 12.1. The number of phenolic OH excluding ortho intramolecular Hbond substituents is 1. The summed E-state index contributed by atoms with van der Waals surface area (Å²) < 4.78 is 22.8. The summed E-state index contributed by atoms with van der Waals surface area (Å²) in [4.78, 5) is 12.1. The Labute approximate surface area is 141 Å². The van der Waals surface area contributed by atoms with Crippen molar-refractivity contribution in [3.05, 3.63) is 59.7 Å². The Kier molecular flexibility index (Phi) is 5.58. The van der Waals surface area contributed by atoms with Crippen molar-refractivity contribution >= 4 is 15.9 Å². The van der Waals surface area contributed by atoms with Crippen molar-refractivity contribution in [1.29, 1.82) is 0 Å². The second-order valence-corrected chi connectivity index (χ2v) is 7.10. The van der Waals surface area contributed by atoms with E-state index in [1.165, 1.54) is 12.1 Å². The molecule has 6 nitrogen and oxygen atoms in total. The van der Waals surface area contributed by atoms with Gasteiger partial charge in [-0.2, -0.15) is 0 Å². The topological polar surface area (TPSA) is 109 Å². The lowest BCUT2D eigenvalue weighted by Gasteiger charge is -2.15. The minimum Gasteiger partial charge on any atom is -0.508 e. The molecule has 0 fully saturated rings. The quantitative estimate of drug-likeness (QED) is 0.740. The number of carbonyl (C=O) groups excluding carboxylic acids is 1. The molecule has 0 aliphatic heterocycles. The Morgan fingerprint density at radius 2 is 1.92 bits per heavy atom. The number of para-hydroxylation sites is 1. The highest BCUT2D eigenvalue weighted by molar-refractivity contribution is 7.89.